The molecule has 3 N–H and O–H groups in total. The molecule has 4 unspecified atom stereocenters. The third-order valence-corrected chi connectivity index (χ3v) is 6.90. The van der Waals surface area contributed by atoms with Gasteiger partial charge in [-0.25, -0.2) is 18.8 Å². The normalized spacial score (nSPS) is 21.1. The Hall–Kier alpha value is -3.31. The molecule has 0 bridgehead atoms. The van der Waals surface area contributed by atoms with Crippen LogP contribution in [0.4, 0.5) is 10.2 Å². The number of nitrogens with zero attached hydrogens (tertiary/aromatic N) is 2. The molecule has 1 aliphatic rings. The van der Waals surface area contributed by atoms with E-state index in [0.29, 0.717) is 0 Å². The number of fused-ring (bicyclic) bond motifs is 1. The van der Waals surface area contributed by atoms with Gasteiger partial charge in [0.2, 0.25) is 0 Å². The number of carbonyl (C=O) groups excluding carboxylic acids is 1. The maximum atomic E-state index is 14.7. The zero-order valence-corrected chi connectivity index (χ0v) is 21.2. The van der Waals surface area contributed by atoms with Crippen molar-refractivity contribution in [2.45, 2.75) is 44.9 Å². The van der Waals surface area contributed by atoms with E-state index in [1.165, 1.54) is 12.3 Å². The number of benzene rings is 2. The van der Waals surface area contributed by atoms with Crippen LogP contribution < -0.4 is 21.0 Å². The third-order valence-electron chi connectivity index (χ3n) is 5.42. The monoisotopic (exact) mass is 534 g/mol. The molecule has 4 atom stereocenters. The van der Waals surface area contributed by atoms with Crippen LogP contribution >= 0.6 is 7.75 Å². The Morgan fingerprint density at radius 2 is 2.03 bits per heavy atom. The lowest BCUT2D eigenvalue weighted by Gasteiger charge is -2.22. The SMILES string of the molecule is CC(C)OC(=O)CNP(=O)(OCC1CC(F)C(n2ccc(N)nc2=O)O1)Oc1ccc2ccccc2c1. The van der Waals surface area contributed by atoms with Gasteiger partial charge in [-0.15, -0.1) is 0 Å². The van der Waals surface area contributed by atoms with E-state index in [2.05, 4.69) is 10.1 Å². The first kappa shape index (κ1) is 26.7. The van der Waals surface area contributed by atoms with Crippen molar-refractivity contribution in [2.24, 2.45) is 0 Å². The number of ether oxygens (including phenoxy) is 2. The molecule has 0 spiro atoms. The van der Waals surface area contributed by atoms with Crippen molar-refractivity contribution in [1.82, 2.24) is 14.6 Å². The number of nitrogens with two attached hydrogens (primary N) is 1. The summed E-state index contributed by atoms with van der Waals surface area (Å²) in [6.45, 7) is 2.58. The maximum Gasteiger partial charge on any atom is 0.459 e. The van der Waals surface area contributed by atoms with Crippen LogP contribution in [-0.4, -0.2) is 47.1 Å². The molecule has 1 fully saturated rings. The number of rotatable bonds is 10. The summed E-state index contributed by atoms with van der Waals surface area (Å²) in [5.74, 6) is -0.416. The second-order valence-electron chi connectivity index (χ2n) is 8.71. The lowest BCUT2D eigenvalue weighted by Crippen LogP contribution is -2.31. The largest absolute Gasteiger partial charge is 0.462 e. The number of hydrogen-bond acceptors (Lipinski definition) is 9. The van der Waals surface area contributed by atoms with Crippen molar-refractivity contribution in [3.05, 3.63) is 65.2 Å². The molecule has 0 radical (unpaired) electrons. The minimum atomic E-state index is -4.15. The molecule has 13 heteroatoms. The number of anilines is 1. The van der Waals surface area contributed by atoms with Gasteiger partial charge in [-0.1, -0.05) is 30.3 Å². The highest BCUT2D eigenvalue weighted by Gasteiger charge is 2.39. The zero-order valence-electron chi connectivity index (χ0n) is 20.3. The molecule has 3 aromatic rings. The fraction of sp³-hybridized carbons (Fsp3) is 0.375. The molecule has 2 heterocycles. The molecule has 0 amide bonds. The smallest absolute Gasteiger partial charge is 0.459 e. The predicted molar refractivity (Wildman–Crippen MR) is 134 cm³/mol. The van der Waals surface area contributed by atoms with Gasteiger partial charge in [0.1, 0.15) is 24.3 Å². The van der Waals surface area contributed by atoms with Gasteiger partial charge < -0.3 is 19.7 Å². The molecule has 4 rings (SSSR count). The van der Waals surface area contributed by atoms with Gasteiger partial charge in [0.15, 0.2) is 6.23 Å². The number of aromatic nitrogens is 2. The van der Waals surface area contributed by atoms with Crippen LogP contribution in [0.3, 0.4) is 0 Å². The second kappa shape index (κ2) is 11.4. The molecular weight excluding hydrogens is 506 g/mol. The summed E-state index contributed by atoms with van der Waals surface area (Å²) < 4.78 is 51.3. The van der Waals surface area contributed by atoms with Crippen LogP contribution in [0.15, 0.2) is 59.5 Å². The average Bonchev–Trinajstić information content (AvgIpc) is 3.21. The maximum absolute atomic E-state index is 14.7. The molecule has 11 nitrogen and oxygen atoms in total. The number of alkyl halides is 1. The minimum absolute atomic E-state index is 0.00313. The molecule has 1 aromatic heterocycles. The topological polar surface area (TPSA) is 144 Å². The van der Waals surface area contributed by atoms with E-state index in [4.69, 9.17) is 24.3 Å². The van der Waals surface area contributed by atoms with Gasteiger partial charge in [0, 0.05) is 12.6 Å². The Bertz CT molecular complexity index is 1370. The van der Waals surface area contributed by atoms with Crippen molar-refractivity contribution in [1.29, 1.82) is 0 Å². The Labute approximate surface area is 212 Å². The van der Waals surface area contributed by atoms with E-state index in [0.717, 1.165) is 15.3 Å². The van der Waals surface area contributed by atoms with E-state index < -0.39 is 44.5 Å². The van der Waals surface area contributed by atoms with E-state index in [1.807, 2.05) is 24.3 Å². The molecule has 1 saturated heterocycles. The van der Waals surface area contributed by atoms with Gasteiger partial charge in [-0.2, -0.15) is 4.98 Å². The Balaban J connectivity index is 1.47. The van der Waals surface area contributed by atoms with Crippen molar-refractivity contribution >= 4 is 30.3 Å². The van der Waals surface area contributed by atoms with Crippen LogP contribution in [0.25, 0.3) is 10.8 Å². The minimum Gasteiger partial charge on any atom is -0.462 e. The molecular formula is C24H28FN4O7P. The van der Waals surface area contributed by atoms with Crippen LogP contribution in [0, 0.1) is 0 Å². The second-order valence-corrected chi connectivity index (χ2v) is 10.5. The van der Waals surface area contributed by atoms with E-state index >= 15 is 0 Å². The highest BCUT2D eigenvalue weighted by atomic mass is 31.2. The van der Waals surface area contributed by atoms with Gasteiger partial charge >= 0.3 is 19.4 Å². The fourth-order valence-electron chi connectivity index (χ4n) is 3.79. The van der Waals surface area contributed by atoms with Crippen molar-refractivity contribution in [2.75, 3.05) is 18.9 Å². The Morgan fingerprint density at radius 3 is 2.76 bits per heavy atom. The zero-order chi connectivity index (χ0) is 26.6. The number of nitrogens with one attached hydrogen (secondary N) is 1. The van der Waals surface area contributed by atoms with Gasteiger partial charge in [-0.05, 0) is 42.8 Å². The first-order chi connectivity index (χ1) is 17.6. The molecule has 0 saturated carbocycles. The number of hydrogen-bond donors (Lipinski definition) is 2. The molecule has 1 aliphatic heterocycles. The molecule has 0 aliphatic carbocycles. The summed E-state index contributed by atoms with van der Waals surface area (Å²) in [5, 5.41) is 4.29. The molecule has 2 aromatic carbocycles. The summed E-state index contributed by atoms with van der Waals surface area (Å²) in [5.41, 5.74) is 4.73. The third kappa shape index (κ3) is 6.92. The quantitative estimate of drug-likeness (QED) is 0.293. The standard InChI is InChI=1S/C24H28FN4O7P/c1-15(2)34-22(30)13-27-37(32,36-18-8-7-16-5-3-4-6-17(16)11-18)33-14-19-12-20(25)23(35-19)29-10-9-21(26)28-24(29)31/h3-11,15,19-20,23H,12-14H2,1-2H3,(H,27,32)(H2,26,28,31). The van der Waals surface area contributed by atoms with Crippen LogP contribution in [0.5, 0.6) is 5.75 Å². The number of carbonyl (C=O) groups is 1. The first-order valence-electron chi connectivity index (χ1n) is 11.6. The summed E-state index contributed by atoms with van der Waals surface area (Å²) in [6.07, 6.45) is -2.86. The fourth-order valence-corrected chi connectivity index (χ4v) is 5.07. The summed E-state index contributed by atoms with van der Waals surface area (Å²) in [7, 11) is -4.15. The van der Waals surface area contributed by atoms with Crippen LogP contribution in [-0.2, 0) is 23.4 Å². The molecule has 37 heavy (non-hydrogen) atoms. The summed E-state index contributed by atoms with van der Waals surface area (Å²) in [4.78, 5) is 27.7. The van der Waals surface area contributed by atoms with Gasteiger partial charge in [-0.3, -0.25) is 13.9 Å². The average molecular weight is 534 g/mol. The first-order valence-corrected chi connectivity index (χ1v) is 13.2. The number of halogens is 1. The van der Waals surface area contributed by atoms with Gasteiger partial charge in [0.25, 0.3) is 0 Å². The van der Waals surface area contributed by atoms with Crippen LogP contribution in [0.2, 0.25) is 0 Å². The van der Waals surface area contributed by atoms with E-state index in [1.54, 1.807) is 32.0 Å². The summed E-state index contributed by atoms with van der Waals surface area (Å²) in [6, 6.07) is 14.0. The molecule has 198 valence electrons. The number of nitrogen functional groups attached to an aromatic ring is 1. The van der Waals surface area contributed by atoms with Crippen molar-refractivity contribution in [3.63, 3.8) is 0 Å². The van der Waals surface area contributed by atoms with Gasteiger partial charge in [0.05, 0.1) is 18.8 Å². The van der Waals surface area contributed by atoms with E-state index in [-0.39, 0.29) is 30.7 Å². The summed E-state index contributed by atoms with van der Waals surface area (Å²) >= 11 is 0. The lowest BCUT2D eigenvalue weighted by atomic mass is 10.1. The highest BCUT2D eigenvalue weighted by Crippen LogP contribution is 2.45. The highest BCUT2D eigenvalue weighted by molar-refractivity contribution is 7.52. The Morgan fingerprint density at radius 1 is 1.27 bits per heavy atom. The lowest BCUT2D eigenvalue weighted by molar-refractivity contribution is -0.145. The van der Waals surface area contributed by atoms with Crippen molar-refractivity contribution < 1.29 is 32.3 Å². The number of esters is 1. The van der Waals surface area contributed by atoms with E-state index in [9.17, 15) is 18.5 Å². The van der Waals surface area contributed by atoms with Crippen LogP contribution in [0.1, 0.15) is 26.5 Å². The Kier molecular flexibility index (Phi) is 8.23. The predicted octanol–water partition coefficient (Wildman–Crippen LogP) is 3.35. The van der Waals surface area contributed by atoms with Crippen molar-refractivity contribution in [3.8, 4) is 5.75 Å².